The third-order valence-corrected chi connectivity index (χ3v) is 4.49. The fourth-order valence-electron chi connectivity index (χ4n) is 2.97. The molecule has 5 nitrogen and oxygen atoms in total. The minimum atomic E-state index is 0.164. The van der Waals surface area contributed by atoms with Crippen molar-refractivity contribution in [3.63, 3.8) is 0 Å². The molecule has 108 valence electrons. The zero-order valence-electron chi connectivity index (χ0n) is 11.7. The van der Waals surface area contributed by atoms with Crippen LogP contribution in [0.2, 0.25) is 0 Å². The number of nitrogens with zero attached hydrogens (tertiary/aromatic N) is 2. The Labute approximate surface area is 122 Å². The first-order chi connectivity index (χ1) is 10.3. The zero-order chi connectivity index (χ0) is 14.3. The van der Waals surface area contributed by atoms with Crippen molar-refractivity contribution in [2.24, 2.45) is 11.1 Å². The molecule has 0 radical (unpaired) electrons. The molecule has 0 atom stereocenters. The van der Waals surface area contributed by atoms with Crippen LogP contribution >= 0.6 is 0 Å². The molecule has 0 unspecified atom stereocenters. The highest BCUT2D eigenvalue weighted by molar-refractivity contribution is 5.81. The lowest BCUT2D eigenvalue weighted by Gasteiger charge is -2.39. The van der Waals surface area contributed by atoms with Gasteiger partial charge in [-0.3, -0.25) is 0 Å². The molecular formula is C16H17N3O2. The van der Waals surface area contributed by atoms with Gasteiger partial charge in [0.1, 0.15) is 5.58 Å². The zero-order valence-corrected chi connectivity index (χ0v) is 11.7. The first-order valence-electron chi connectivity index (χ1n) is 7.30. The molecule has 1 aromatic carbocycles. The van der Waals surface area contributed by atoms with Crippen LogP contribution in [0.4, 0.5) is 0 Å². The standard InChI is InChI=1S/C16H17N3O2/c17-10-16(6-3-7-16)9-14-18-15(19-21-14)13-8-11-4-1-2-5-12(11)20-13/h1-2,4-5,8H,3,6-7,9-10,17H2. The third kappa shape index (κ3) is 2.14. The largest absolute Gasteiger partial charge is 0.453 e. The number of hydrogen-bond acceptors (Lipinski definition) is 5. The maximum atomic E-state index is 5.88. The molecule has 4 rings (SSSR count). The van der Waals surface area contributed by atoms with E-state index in [2.05, 4.69) is 10.1 Å². The Balaban J connectivity index is 1.61. The number of benzene rings is 1. The molecule has 1 aliphatic carbocycles. The van der Waals surface area contributed by atoms with E-state index in [4.69, 9.17) is 14.7 Å². The second-order valence-electron chi connectivity index (χ2n) is 5.89. The summed E-state index contributed by atoms with van der Waals surface area (Å²) in [6.45, 7) is 0.676. The van der Waals surface area contributed by atoms with Gasteiger partial charge in [0.25, 0.3) is 0 Å². The summed E-state index contributed by atoms with van der Waals surface area (Å²) in [4.78, 5) is 4.46. The lowest BCUT2D eigenvalue weighted by Crippen LogP contribution is -2.39. The van der Waals surface area contributed by atoms with Gasteiger partial charge in [-0.15, -0.1) is 0 Å². The Bertz CT molecular complexity index is 732. The van der Waals surface area contributed by atoms with Gasteiger partial charge < -0.3 is 14.7 Å². The van der Waals surface area contributed by atoms with Gasteiger partial charge in [0.05, 0.1) is 0 Å². The second kappa shape index (κ2) is 4.70. The Morgan fingerprint density at radius 2 is 2.10 bits per heavy atom. The molecule has 1 fully saturated rings. The van der Waals surface area contributed by atoms with E-state index in [9.17, 15) is 0 Å². The van der Waals surface area contributed by atoms with E-state index in [1.807, 2.05) is 30.3 Å². The van der Waals surface area contributed by atoms with Gasteiger partial charge in [-0.1, -0.05) is 29.8 Å². The van der Waals surface area contributed by atoms with Gasteiger partial charge >= 0.3 is 0 Å². The Hall–Kier alpha value is -2.14. The smallest absolute Gasteiger partial charge is 0.238 e. The highest BCUT2D eigenvalue weighted by Crippen LogP contribution is 2.42. The van der Waals surface area contributed by atoms with Crippen LogP contribution < -0.4 is 5.73 Å². The minimum Gasteiger partial charge on any atom is -0.453 e. The number of rotatable bonds is 4. The van der Waals surface area contributed by atoms with Crippen LogP contribution in [0.25, 0.3) is 22.6 Å². The molecular weight excluding hydrogens is 266 g/mol. The lowest BCUT2D eigenvalue weighted by atomic mass is 9.67. The van der Waals surface area contributed by atoms with Gasteiger partial charge in [-0.2, -0.15) is 4.98 Å². The molecule has 1 saturated carbocycles. The monoisotopic (exact) mass is 283 g/mol. The fourth-order valence-corrected chi connectivity index (χ4v) is 2.97. The molecule has 0 aliphatic heterocycles. The van der Waals surface area contributed by atoms with Crippen LogP contribution in [0.5, 0.6) is 0 Å². The molecule has 0 spiro atoms. The van der Waals surface area contributed by atoms with Crippen molar-refractivity contribution in [1.29, 1.82) is 0 Å². The number of fused-ring (bicyclic) bond motifs is 1. The number of aromatic nitrogens is 2. The molecule has 2 aromatic heterocycles. The highest BCUT2D eigenvalue weighted by Gasteiger charge is 2.37. The molecule has 21 heavy (non-hydrogen) atoms. The lowest BCUT2D eigenvalue weighted by molar-refractivity contribution is 0.129. The molecule has 2 N–H and O–H groups in total. The minimum absolute atomic E-state index is 0.164. The van der Waals surface area contributed by atoms with E-state index < -0.39 is 0 Å². The van der Waals surface area contributed by atoms with Gasteiger partial charge in [0.2, 0.25) is 11.7 Å². The molecule has 0 amide bonds. The predicted molar refractivity (Wildman–Crippen MR) is 78.5 cm³/mol. The Kier molecular flexibility index (Phi) is 2.82. The maximum absolute atomic E-state index is 5.88. The summed E-state index contributed by atoms with van der Waals surface area (Å²) in [5.41, 5.74) is 6.87. The normalized spacial score (nSPS) is 17.0. The van der Waals surface area contributed by atoms with Gasteiger partial charge in [-0.05, 0) is 36.9 Å². The van der Waals surface area contributed by atoms with E-state index in [-0.39, 0.29) is 5.41 Å². The van der Waals surface area contributed by atoms with Crippen LogP contribution in [0.15, 0.2) is 39.3 Å². The van der Waals surface area contributed by atoms with Gasteiger partial charge in [0, 0.05) is 11.8 Å². The summed E-state index contributed by atoms with van der Waals surface area (Å²) in [7, 11) is 0. The maximum Gasteiger partial charge on any atom is 0.238 e. The summed E-state index contributed by atoms with van der Waals surface area (Å²) in [6.07, 6.45) is 4.29. The van der Waals surface area contributed by atoms with Crippen molar-refractivity contribution in [3.05, 3.63) is 36.2 Å². The van der Waals surface area contributed by atoms with E-state index >= 15 is 0 Å². The van der Waals surface area contributed by atoms with Crippen LogP contribution in [-0.2, 0) is 6.42 Å². The van der Waals surface area contributed by atoms with Crippen molar-refractivity contribution < 1.29 is 8.94 Å². The SMILES string of the molecule is NCC1(Cc2nc(-c3cc4ccccc4o3)no2)CCC1. The van der Waals surface area contributed by atoms with Crippen molar-refractivity contribution in [2.75, 3.05) is 6.54 Å². The average molecular weight is 283 g/mol. The van der Waals surface area contributed by atoms with E-state index in [0.717, 1.165) is 30.2 Å². The van der Waals surface area contributed by atoms with Crippen molar-refractivity contribution >= 4 is 11.0 Å². The van der Waals surface area contributed by atoms with Gasteiger partial charge in [0.15, 0.2) is 5.76 Å². The summed E-state index contributed by atoms with van der Waals surface area (Å²) in [5.74, 6) is 1.80. The summed E-state index contributed by atoms with van der Waals surface area (Å²) in [5, 5.41) is 5.08. The summed E-state index contributed by atoms with van der Waals surface area (Å²) < 4.78 is 11.1. The van der Waals surface area contributed by atoms with Gasteiger partial charge in [-0.25, -0.2) is 0 Å². The first kappa shape index (κ1) is 12.6. The van der Waals surface area contributed by atoms with E-state index in [1.54, 1.807) is 0 Å². The second-order valence-corrected chi connectivity index (χ2v) is 5.89. The molecule has 3 aromatic rings. The van der Waals surface area contributed by atoms with Crippen LogP contribution in [0.1, 0.15) is 25.2 Å². The van der Waals surface area contributed by atoms with Crippen LogP contribution in [-0.4, -0.2) is 16.7 Å². The van der Waals surface area contributed by atoms with Crippen LogP contribution in [0.3, 0.4) is 0 Å². The van der Waals surface area contributed by atoms with E-state index in [0.29, 0.717) is 24.0 Å². The summed E-state index contributed by atoms with van der Waals surface area (Å²) in [6, 6.07) is 9.79. The Morgan fingerprint density at radius 1 is 1.24 bits per heavy atom. The summed E-state index contributed by atoms with van der Waals surface area (Å²) >= 11 is 0. The predicted octanol–water partition coefficient (Wildman–Crippen LogP) is 3.15. The third-order valence-electron chi connectivity index (χ3n) is 4.49. The number of nitrogens with two attached hydrogens (primary N) is 1. The van der Waals surface area contributed by atoms with Crippen LogP contribution in [0, 0.1) is 5.41 Å². The van der Waals surface area contributed by atoms with E-state index in [1.165, 1.54) is 6.42 Å². The van der Waals surface area contributed by atoms with Crippen molar-refractivity contribution in [2.45, 2.75) is 25.7 Å². The topological polar surface area (TPSA) is 78.1 Å². The molecule has 5 heteroatoms. The Morgan fingerprint density at radius 3 is 2.81 bits per heavy atom. The molecule has 1 aliphatic rings. The number of para-hydroxylation sites is 1. The first-order valence-corrected chi connectivity index (χ1v) is 7.30. The quantitative estimate of drug-likeness (QED) is 0.795. The number of furan rings is 1. The molecule has 0 bridgehead atoms. The van der Waals surface area contributed by atoms with Crippen molar-refractivity contribution in [1.82, 2.24) is 10.1 Å². The molecule has 0 saturated heterocycles. The molecule has 2 heterocycles. The fraction of sp³-hybridized carbons (Fsp3) is 0.375. The number of hydrogen-bond donors (Lipinski definition) is 1. The van der Waals surface area contributed by atoms with Crippen molar-refractivity contribution in [3.8, 4) is 11.6 Å². The average Bonchev–Trinajstić information content (AvgIpc) is 3.09. The highest BCUT2D eigenvalue weighted by atomic mass is 16.5.